The van der Waals surface area contributed by atoms with Crippen molar-refractivity contribution in [2.45, 2.75) is 19.1 Å². The number of aromatic nitrogens is 2. The molecule has 32 heavy (non-hydrogen) atoms. The Labute approximate surface area is 179 Å². The molecule has 0 aliphatic heterocycles. The number of alkyl halides is 3. The SMILES string of the molecule is COc1cc(CCNC(=O)Cn2c(C(F)(F)F)nc3ccccc32)c([N+](=O)[O-])cc1OC. The predicted octanol–water partition coefficient (Wildman–Crippen LogP) is 3.34. The number of fused-ring (bicyclic) bond motifs is 1. The van der Waals surface area contributed by atoms with Crippen LogP contribution in [0.5, 0.6) is 11.5 Å². The standard InChI is InChI=1S/C20H19F3N4O5/c1-31-16-9-12(15(27(29)30)10-17(16)32-2)7-8-24-18(28)11-26-14-6-4-3-5-13(14)25-19(26)20(21,22)23/h3-6,9-10H,7-8,11H2,1-2H3,(H,24,28). The molecule has 0 fully saturated rings. The molecule has 0 bridgehead atoms. The fraction of sp³-hybridized carbons (Fsp3) is 0.300. The quantitative estimate of drug-likeness (QED) is 0.415. The van der Waals surface area contributed by atoms with Crippen LogP contribution >= 0.6 is 0 Å². The van der Waals surface area contributed by atoms with Gasteiger partial charge in [-0.15, -0.1) is 0 Å². The molecule has 1 N–H and O–H groups in total. The third kappa shape index (κ3) is 4.74. The van der Waals surface area contributed by atoms with Crippen LogP contribution in [-0.4, -0.2) is 41.1 Å². The number of para-hydroxylation sites is 2. The molecule has 170 valence electrons. The van der Waals surface area contributed by atoms with Gasteiger partial charge in [-0.3, -0.25) is 14.9 Å². The summed E-state index contributed by atoms with van der Waals surface area (Å²) in [7, 11) is 2.72. The van der Waals surface area contributed by atoms with Gasteiger partial charge in [-0.05, 0) is 24.6 Å². The zero-order chi connectivity index (χ0) is 23.5. The molecule has 1 heterocycles. The largest absolute Gasteiger partial charge is 0.493 e. The van der Waals surface area contributed by atoms with E-state index in [0.717, 1.165) is 4.57 Å². The lowest BCUT2D eigenvalue weighted by molar-refractivity contribution is -0.385. The van der Waals surface area contributed by atoms with Crippen molar-refractivity contribution >= 4 is 22.6 Å². The number of carbonyl (C=O) groups is 1. The summed E-state index contributed by atoms with van der Waals surface area (Å²) in [6.45, 7) is -0.646. The molecule has 0 aliphatic carbocycles. The Hall–Kier alpha value is -3.83. The van der Waals surface area contributed by atoms with Crippen molar-refractivity contribution < 1.29 is 32.4 Å². The first kappa shape index (κ1) is 22.8. The summed E-state index contributed by atoms with van der Waals surface area (Å²) in [5.74, 6) is -1.41. The average Bonchev–Trinajstić information content (AvgIpc) is 3.12. The Kier molecular flexibility index (Phi) is 6.51. The van der Waals surface area contributed by atoms with E-state index in [-0.39, 0.29) is 46.7 Å². The molecular formula is C20H19F3N4O5. The van der Waals surface area contributed by atoms with Gasteiger partial charge in [0, 0.05) is 12.1 Å². The number of methoxy groups -OCH3 is 2. The Morgan fingerprint density at radius 2 is 1.84 bits per heavy atom. The van der Waals surface area contributed by atoms with Crippen LogP contribution in [0.25, 0.3) is 11.0 Å². The van der Waals surface area contributed by atoms with Crippen LogP contribution in [0.15, 0.2) is 36.4 Å². The minimum absolute atomic E-state index is 0.0386. The van der Waals surface area contributed by atoms with Crippen molar-refractivity contribution in [3.63, 3.8) is 0 Å². The van der Waals surface area contributed by atoms with Gasteiger partial charge in [-0.1, -0.05) is 12.1 Å². The van der Waals surface area contributed by atoms with Crippen LogP contribution in [0.4, 0.5) is 18.9 Å². The third-order valence-corrected chi connectivity index (χ3v) is 4.71. The molecule has 0 spiro atoms. The van der Waals surface area contributed by atoms with E-state index in [1.807, 2.05) is 0 Å². The van der Waals surface area contributed by atoms with Crippen molar-refractivity contribution in [1.29, 1.82) is 0 Å². The molecule has 3 aromatic rings. The maximum atomic E-state index is 13.4. The fourth-order valence-corrected chi connectivity index (χ4v) is 3.27. The topological polar surface area (TPSA) is 109 Å². The van der Waals surface area contributed by atoms with Crippen molar-refractivity contribution in [1.82, 2.24) is 14.9 Å². The van der Waals surface area contributed by atoms with Gasteiger partial charge in [-0.25, -0.2) is 4.98 Å². The predicted molar refractivity (Wildman–Crippen MR) is 108 cm³/mol. The summed E-state index contributed by atoms with van der Waals surface area (Å²) >= 11 is 0. The number of nitro groups is 1. The molecule has 0 radical (unpaired) electrons. The Balaban J connectivity index is 1.75. The van der Waals surface area contributed by atoms with Gasteiger partial charge in [0.2, 0.25) is 11.7 Å². The number of carbonyl (C=O) groups excluding carboxylic acids is 1. The van der Waals surface area contributed by atoms with E-state index in [9.17, 15) is 28.1 Å². The summed E-state index contributed by atoms with van der Waals surface area (Å²) < 4.78 is 51.1. The van der Waals surface area contributed by atoms with E-state index in [1.54, 1.807) is 12.1 Å². The molecule has 0 unspecified atom stereocenters. The molecule has 12 heteroatoms. The Morgan fingerprint density at radius 3 is 2.47 bits per heavy atom. The number of nitrogens with one attached hydrogen (secondary N) is 1. The van der Waals surface area contributed by atoms with Crippen LogP contribution < -0.4 is 14.8 Å². The van der Waals surface area contributed by atoms with Crippen LogP contribution in [-0.2, 0) is 23.9 Å². The van der Waals surface area contributed by atoms with Crippen molar-refractivity contribution in [3.8, 4) is 11.5 Å². The molecule has 0 saturated carbocycles. The number of ether oxygens (including phenoxy) is 2. The number of imidazole rings is 1. The summed E-state index contributed by atoms with van der Waals surface area (Å²) in [6.07, 6.45) is -4.68. The van der Waals surface area contributed by atoms with E-state index in [0.29, 0.717) is 0 Å². The molecule has 0 atom stereocenters. The number of rotatable bonds is 8. The lowest BCUT2D eigenvalue weighted by atomic mass is 10.1. The minimum atomic E-state index is -4.74. The van der Waals surface area contributed by atoms with Crippen molar-refractivity contribution in [2.75, 3.05) is 20.8 Å². The Bertz CT molecular complexity index is 1160. The maximum absolute atomic E-state index is 13.4. The first-order valence-corrected chi connectivity index (χ1v) is 9.34. The van der Waals surface area contributed by atoms with Gasteiger partial charge in [0.15, 0.2) is 11.5 Å². The number of hydrogen-bond acceptors (Lipinski definition) is 6. The van der Waals surface area contributed by atoms with Gasteiger partial charge in [0.1, 0.15) is 6.54 Å². The first-order valence-electron chi connectivity index (χ1n) is 9.34. The molecule has 9 nitrogen and oxygen atoms in total. The molecule has 0 aliphatic rings. The van der Waals surface area contributed by atoms with Gasteiger partial charge < -0.3 is 19.4 Å². The normalized spacial score (nSPS) is 11.4. The molecule has 3 rings (SSSR count). The summed E-state index contributed by atoms with van der Waals surface area (Å²) in [5.41, 5.74) is 0.341. The summed E-state index contributed by atoms with van der Waals surface area (Å²) in [6, 6.07) is 8.61. The molecular weight excluding hydrogens is 433 g/mol. The number of hydrogen-bond donors (Lipinski definition) is 1. The van der Waals surface area contributed by atoms with Crippen LogP contribution in [0, 0.1) is 10.1 Å². The van der Waals surface area contributed by atoms with Crippen LogP contribution in [0.1, 0.15) is 11.4 Å². The van der Waals surface area contributed by atoms with Crippen molar-refractivity contribution in [3.05, 3.63) is 57.9 Å². The summed E-state index contributed by atoms with van der Waals surface area (Å²) in [4.78, 5) is 26.7. The second-order valence-corrected chi connectivity index (χ2v) is 6.70. The number of benzene rings is 2. The van der Waals surface area contributed by atoms with Gasteiger partial charge in [0.05, 0.1) is 36.2 Å². The molecule has 1 amide bonds. The van der Waals surface area contributed by atoms with E-state index in [2.05, 4.69) is 10.3 Å². The van der Waals surface area contributed by atoms with E-state index in [1.165, 1.54) is 38.5 Å². The van der Waals surface area contributed by atoms with Gasteiger partial charge >= 0.3 is 6.18 Å². The van der Waals surface area contributed by atoms with Crippen molar-refractivity contribution in [2.24, 2.45) is 0 Å². The van der Waals surface area contributed by atoms with E-state index >= 15 is 0 Å². The second-order valence-electron chi connectivity index (χ2n) is 6.70. The highest BCUT2D eigenvalue weighted by Gasteiger charge is 2.38. The smallest absolute Gasteiger partial charge is 0.449 e. The monoisotopic (exact) mass is 452 g/mol. The number of amides is 1. The highest BCUT2D eigenvalue weighted by atomic mass is 19.4. The average molecular weight is 452 g/mol. The second kappa shape index (κ2) is 9.12. The van der Waals surface area contributed by atoms with E-state index in [4.69, 9.17) is 9.47 Å². The highest BCUT2D eigenvalue weighted by Crippen LogP contribution is 2.35. The minimum Gasteiger partial charge on any atom is -0.493 e. The first-order chi connectivity index (χ1) is 15.2. The lowest BCUT2D eigenvalue weighted by Gasteiger charge is -2.13. The molecule has 2 aromatic carbocycles. The van der Waals surface area contributed by atoms with E-state index < -0.39 is 29.4 Å². The fourth-order valence-electron chi connectivity index (χ4n) is 3.27. The number of nitro benzene ring substituents is 1. The van der Waals surface area contributed by atoms with Gasteiger partial charge in [-0.2, -0.15) is 13.2 Å². The highest BCUT2D eigenvalue weighted by molar-refractivity contribution is 5.81. The summed E-state index contributed by atoms with van der Waals surface area (Å²) in [5, 5.41) is 13.9. The van der Waals surface area contributed by atoms with Crippen LogP contribution in [0.3, 0.4) is 0 Å². The Morgan fingerprint density at radius 1 is 1.19 bits per heavy atom. The zero-order valence-electron chi connectivity index (χ0n) is 17.1. The molecule has 1 aromatic heterocycles. The molecule has 0 saturated heterocycles. The zero-order valence-corrected chi connectivity index (χ0v) is 17.1. The lowest BCUT2D eigenvalue weighted by Crippen LogP contribution is -2.31. The number of halogens is 3. The van der Waals surface area contributed by atoms with Gasteiger partial charge in [0.25, 0.3) is 5.69 Å². The maximum Gasteiger partial charge on any atom is 0.449 e. The third-order valence-electron chi connectivity index (χ3n) is 4.71. The number of nitrogens with zero attached hydrogens (tertiary/aromatic N) is 3. The van der Waals surface area contributed by atoms with Crippen LogP contribution in [0.2, 0.25) is 0 Å².